The summed E-state index contributed by atoms with van der Waals surface area (Å²) in [5, 5.41) is 8.34. The summed E-state index contributed by atoms with van der Waals surface area (Å²) >= 11 is 13.3. The van der Waals surface area contributed by atoms with Crippen molar-refractivity contribution in [1.29, 1.82) is 0 Å². The number of thiazole rings is 1. The minimum absolute atomic E-state index is 0.405. The number of nitrogens with zero attached hydrogens (tertiary/aromatic N) is 2. The Bertz CT molecular complexity index is 1220. The zero-order chi connectivity index (χ0) is 18.8. The molecule has 2 aromatic heterocycles. The molecule has 1 N–H and O–H groups in total. The van der Waals surface area contributed by atoms with Crippen molar-refractivity contribution < 1.29 is 4.42 Å². The Hall–Kier alpha value is -2.67. The second-order valence-corrected chi connectivity index (χ2v) is 7.26. The lowest BCUT2D eigenvalue weighted by Gasteiger charge is -1.99. The maximum absolute atomic E-state index is 12.2. The second kappa shape index (κ2) is 7.52. The smallest absolute Gasteiger partial charge is 0.345 e. The number of hydrogen-bond acceptors (Lipinski definition) is 6. The van der Waals surface area contributed by atoms with Gasteiger partial charge in [-0.2, -0.15) is 5.10 Å². The first-order valence-corrected chi connectivity index (χ1v) is 9.46. The fraction of sp³-hybridized carbons (Fsp3) is 0. The molecular weight excluding hydrogens is 405 g/mol. The SMILES string of the molecule is O=c1oc2ccccc2cc1-c1csc(N/N=C\c2ccc(Cl)cc2Cl)n1. The molecule has 0 aliphatic heterocycles. The first kappa shape index (κ1) is 17.7. The molecule has 0 fully saturated rings. The van der Waals surface area contributed by atoms with Crippen LogP contribution in [0, 0.1) is 0 Å². The summed E-state index contributed by atoms with van der Waals surface area (Å²) in [5.74, 6) is 0. The number of benzene rings is 2. The molecule has 0 spiro atoms. The van der Waals surface area contributed by atoms with E-state index in [0.29, 0.717) is 32.0 Å². The van der Waals surface area contributed by atoms with Gasteiger partial charge in [0.2, 0.25) is 5.13 Å². The Morgan fingerprint density at radius 2 is 2.00 bits per heavy atom. The second-order valence-electron chi connectivity index (χ2n) is 5.56. The van der Waals surface area contributed by atoms with Gasteiger partial charge < -0.3 is 4.42 Å². The van der Waals surface area contributed by atoms with Crippen LogP contribution in [-0.2, 0) is 0 Å². The molecule has 4 rings (SSSR count). The van der Waals surface area contributed by atoms with E-state index < -0.39 is 5.63 Å². The first-order valence-electron chi connectivity index (χ1n) is 7.83. The number of hydrogen-bond donors (Lipinski definition) is 1. The fourth-order valence-corrected chi connectivity index (χ4v) is 3.57. The number of fused-ring (bicyclic) bond motifs is 1. The van der Waals surface area contributed by atoms with Crippen LogP contribution in [0.4, 0.5) is 5.13 Å². The number of anilines is 1. The van der Waals surface area contributed by atoms with E-state index >= 15 is 0 Å². The van der Waals surface area contributed by atoms with Gasteiger partial charge in [-0.15, -0.1) is 11.3 Å². The summed E-state index contributed by atoms with van der Waals surface area (Å²) < 4.78 is 5.35. The molecule has 4 aromatic rings. The molecule has 0 aliphatic rings. The van der Waals surface area contributed by atoms with Gasteiger partial charge in [0.05, 0.1) is 22.5 Å². The van der Waals surface area contributed by atoms with Crippen LogP contribution in [0.2, 0.25) is 10.0 Å². The van der Waals surface area contributed by atoms with Crippen LogP contribution in [-0.4, -0.2) is 11.2 Å². The van der Waals surface area contributed by atoms with Crippen LogP contribution in [0.1, 0.15) is 5.56 Å². The lowest BCUT2D eigenvalue weighted by molar-refractivity contribution is 0.563. The van der Waals surface area contributed by atoms with Crippen LogP contribution in [0.3, 0.4) is 0 Å². The maximum atomic E-state index is 12.2. The number of rotatable bonds is 4. The maximum Gasteiger partial charge on any atom is 0.345 e. The van der Waals surface area contributed by atoms with Crippen molar-refractivity contribution in [1.82, 2.24) is 4.98 Å². The third kappa shape index (κ3) is 3.88. The monoisotopic (exact) mass is 415 g/mol. The predicted octanol–water partition coefficient (Wildman–Crippen LogP) is 5.67. The van der Waals surface area contributed by atoms with Gasteiger partial charge in [-0.25, -0.2) is 9.78 Å². The van der Waals surface area contributed by atoms with Crippen molar-refractivity contribution in [2.75, 3.05) is 5.43 Å². The number of hydrazone groups is 1. The molecule has 134 valence electrons. The molecule has 0 aliphatic carbocycles. The van der Waals surface area contributed by atoms with Crippen LogP contribution in [0.15, 0.2) is 68.2 Å². The summed E-state index contributed by atoms with van der Waals surface area (Å²) in [6.45, 7) is 0. The van der Waals surface area contributed by atoms with E-state index in [0.717, 1.165) is 10.9 Å². The lowest BCUT2D eigenvalue weighted by atomic mass is 10.1. The van der Waals surface area contributed by atoms with E-state index in [-0.39, 0.29) is 0 Å². The summed E-state index contributed by atoms with van der Waals surface area (Å²) in [7, 11) is 0. The van der Waals surface area contributed by atoms with Crippen molar-refractivity contribution in [3.8, 4) is 11.3 Å². The molecule has 2 aromatic carbocycles. The van der Waals surface area contributed by atoms with Crippen LogP contribution >= 0.6 is 34.5 Å². The molecule has 0 atom stereocenters. The normalized spacial score (nSPS) is 11.3. The minimum Gasteiger partial charge on any atom is -0.422 e. The third-order valence-electron chi connectivity index (χ3n) is 3.75. The number of nitrogens with one attached hydrogen (secondary N) is 1. The van der Waals surface area contributed by atoms with E-state index in [4.69, 9.17) is 27.6 Å². The van der Waals surface area contributed by atoms with Gasteiger partial charge in [-0.3, -0.25) is 5.43 Å². The highest BCUT2D eigenvalue weighted by atomic mass is 35.5. The molecule has 5 nitrogen and oxygen atoms in total. The summed E-state index contributed by atoms with van der Waals surface area (Å²) in [5.41, 5.74) is 4.61. The molecule has 2 heterocycles. The Balaban J connectivity index is 1.56. The van der Waals surface area contributed by atoms with Gasteiger partial charge >= 0.3 is 5.63 Å². The van der Waals surface area contributed by atoms with Crippen molar-refractivity contribution in [3.63, 3.8) is 0 Å². The van der Waals surface area contributed by atoms with Crippen molar-refractivity contribution in [3.05, 3.63) is 79.9 Å². The molecular formula is C19H11Cl2N3O2S. The van der Waals surface area contributed by atoms with E-state index in [1.807, 2.05) is 18.2 Å². The molecule has 8 heteroatoms. The lowest BCUT2D eigenvalue weighted by Crippen LogP contribution is -2.02. The van der Waals surface area contributed by atoms with E-state index in [9.17, 15) is 4.79 Å². The van der Waals surface area contributed by atoms with Gasteiger partial charge in [0, 0.05) is 21.4 Å². The van der Waals surface area contributed by atoms with Gasteiger partial charge in [-0.05, 0) is 24.3 Å². The zero-order valence-corrected chi connectivity index (χ0v) is 16.0. The summed E-state index contributed by atoms with van der Waals surface area (Å²) in [6.07, 6.45) is 1.57. The molecule has 0 saturated carbocycles. The topological polar surface area (TPSA) is 67.5 Å². The number of halogens is 2. The first-order chi connectivity index (χ1) is 13.1. The number of para-hydroxylation sites is 1. The van der Waals surface area contributed by atoms with Crippen molar-refractivity contribution in [2.24, 2.45) is 5.10 Å². The highest BCUT2D eigenvalue weighted by Gasteiger charge is 2.11. The van der Waals surface area contributed by atoms with E-state index in [1.165, 1.54) is 11.3 Å². The average molecular weight is 416 g/mol. The van der Waals surface area contributed by atoms with Gasteiger partial charge in [-0.1, -0.05) is 47.5 Å². The zero-order valence-electron chi connectivity index (χ0n) is 13.6. The van der Waals surface area contributed by atoms with E-state index in [2.05, 4.69) is 15.5 Å². The third-order valence-corrected chi connectivity index (χ3v) is 5.06. The number of aromatic nitrogens is 1. The predicted molar refractivity (Wildman–Crippen MR) is 111 cm³/mol. The van der Waals surface area contributed by atoms with Gasteiger partial charge in [0.1, 0.15) is 5.58 Å². The van der Waals surface area contributed by atoms with Crippen molar-refractivity contribution in [2.45, 2.75) is 0 Å². The molecule has 0 unspecified atom stereocenters. The Morgan fingerprint density at radius 3 is 2.85 bits per heavy atom. The molecule has 27 heavy (non-hydrogen) atoms. The molecule has 0 bridgehead atoms. The Labute approximate surface area is 167 Å². The largest absolute Gasteiger partial charge is 0.422 e. The minimum atomic E-state index is -0.429. The average Bonchev–Trinajstić information content (AvgIpc) is 3.11. The highest BCUT2D eigenvalue weighted by Crippen LogP contribution is 2.25. The molecule has 0 amide bonds. The van der Waals surface area contributed by atoms with Crippen LogP contribution < -0.4 is 11.1 Å². The Kier molecular flexibility index (Phi) is 4.94. The quantitative estimate of drug-likeness (QED) is 0.265. The van der Waals surface area contributed by atoms with Crippen molar-refractivity contribution >= 4 is 56.9 Å². The molecule has 0 saturated heterocycles. The van der Waals surface area contributed by atoms with Gasteiger partial charge in [0.25, 0.3) is 0 Å². The highest BCUT2D eigenvalue weighted by molar-refractivity contribution is 7.14. The fourth-order valence-electron chi connectivity index (χ4n) is 2.45. The van der Waals surface area contributed by atoms with Gasteiger partial charge in [0.15, 0.2) is 0 Å². The summed E-state index contributed by atoms with van der Waals surface area (Å²) in [4.78, 5) is 16.6. The molecule has 0 radical (unpaired) electrons. The van der Waals surface area contributed by atoms with E-state index in [1.54, 1.807) is 41.9 Å². The van der Waals surface area contributed by atoms with Crippen LogP contribution in [0.25, 0.3) is 22.2 Å². The van der Waals surface area contributed by atoms with Crippen LogP contribution in [0.5, 0.6) is 0 Å². The summed E-state index contributed by atoms with van der Waals surface area (Å²) in [6, 6.07) is 14.3. The standard InChI is InChI=1S/C19H11Cl2N3O2S/c20-13-6-5-12(15(21)8-13)9-22-24-19-23-16(10-27-19)14-7-11-3-1-2-4-17(11)26-18(14)25/h1-10H,(H,23,24)/b22-9-. The Morgan fingerprint density at radius 1 is 1.15 bits per heavy atom.